The number of nitro groups is 1. The number of imide groups is 1. The standard InChI is InChI=1S/C21H27N5O8/c1-21(2,3)34-20(31)24-10-7-16(27)22-8-4-9-23-17(28)12-25-18(29)14-6-5-13(26(32)33)11-15(14)19(25)30/h5-6,11H,4,7-10,12H2,1-3H3,(H,22,27)(H,23,28)(H,24,31). The number of hydrogen-bond donors (Lipinski definition) is 3. The number of nitro benzene ring substituents is 1. The van der Waals surface area contributed by atoms with Crippen molar-refractivity contribution in [3.05, 3.63) is 39.4 Å². The fraction of sp³-hybridized carbons (Fsp3) is 0.476. The van der Waals surface area contributed by atoms with Gasteiger partial charge in [0.15, 0.2) is 0 Å². The molecule has 13 heteroatoms. The van der Waals surface area contributed by atoms with Gasteiger partial charge in [0.2, 0.25) is 11.8 Å². The van der Waals surface area contributed by atoms with E-state index in [0.29, 0.717) is 6.42 Å². The number of hydrogen-bond acceptors (Lipinski definition) is 8. The molecule has 0 atom stereocenters. The van der Waals surface area contributed by atoms with E-state index in [4.69, 9.17) is 4.74 Å². The van der Waals surface area contributed by atoms with E-state index in [1.54, 1.807) is 20.8 Å². The predicted octanol–water partition coefficient (Wildman–Crippen LogP) is 0.728. The van der Waals surface area contributed by atoms with E-state index >= 15 is 0 Å². The first-order valence-electron chi connectivity index (χ1n) is 10.5. The van der Waals surface area contributed by atoms with Crippen LogP contribution in [0.3, 0.4) is 0 Å². The van der Waals surface area contributed by atoms with E-state index in [1.165, 1.54) is 6.07 Å². The van der Waals surface area contributed by atoms with Gasteiger partial charge in [-0.2, -0.15) is 0 Å². The van der Waals surface area contributed by atoms with Crippen LogP contribution in [0.4, 0.5) is 10.5 Å². The fourth-order valence-corrected chi connectivity index (χ4v) is 2.96. The van der Waals surface area contributed by atoms with Crippen LogP contribution in [0.25, 0.3) is 0 Å². The first-order valence-corrected chi connectivity index (χ1v) is 10.5. The van der Waals surface area contributed by atoms with E-state index in [9.17, 15) is 34.1 Å². The van der Waals surface area contributed by atoms with Gasteiger partial charge in [-0.05, 0) is 33.3 Å². The number of carbonyl (C=O) groups is 5. The minimum atomic E-state index is -0.772. The quantitative estimate of drug-likeness (QED) is 0.191. The van der Waals surface area contributed by atoms with Crippen molar-refractivity contribution in [2.24, 2.45) is 0 Å². The second kappa shape index (κ2) is 11.2. The van der Waals surface area contributed by atoms with Gasteiger partial charge in [-0.3, -0.25) is 34.2 Å². The van der Waals surface area contributed by atoms with Crippen molar-refractivity contribution in [1.82, 2.24) is 20.9 Å². The lowest BCUT2D eigenvalue weighted by molar-refractivity contribution is -0.384. The van der Waals surface area contributed by atoms with Crippen molar-refractivity contribution in [2.75, 3.05) is 26.2 Å². The molecule has 0 fully saturated rings. The molecule has 2 rings (SSSR count). The summed E-state index contributed by atoms with van der Waals surface area (Å²) in [5, 5.41) is 18.5. The van der Waals surface area contributed by atoms with Gasteiger partial charge in [-0.15, -0.1) is 0 Å². The molecule has 184 valence electrons. The summed E-state index contributed by atoms with van der Waals surface area (Å²) in [7, 11) is 0. The number of ether oxygens (including phenoxy) is 1. The Morgan fingerprint density at radius 2 is 1.59 bits per heavy atom. The number of benzene rings is 1. The maximum absolute atomic E-state index is 12.4. The highest BCUT2D eigenvalue weighted by Crippen LogP contribution is 2.26. The van der Waals surface area contributed by atoms with Crippen LogP contribution >= 0.6 is 0 Å². The van der Waals surface area contributed by atoms with Crippen molar-refractivity contribution in [2.45, 2.75) is 39.2 Å². The molecule has 0 spiro atoms. The van der Waals surface area contributed by atoms with Gasteiger partial charge in [-0.25, -0.2) is 4.79 Å². The third-order valence-corrected chi connectivity index (χ3v) is 4.48. The zero-order valence-electron chi connectivity index (χ0n) is 19.1. The van der Waals surface area contributed by atoms with Crippen molar-refractivity contribution in [1.29, 1.82) is 0 Å². The molecule has 0 radical (unpaired) electrons. The molecule has 1 aromatic carbocycles. The van der Waals surface area contributed by atoms with Gasteiger partial charge < -0.3 is 20.7 Å². The molecule has 3 N–H and O–H groups in total. The summed E-state index contributed by atoms with van der Waals surface area (Å²) < 4.78 is 5.05. The Balaban J connectivity index is 1.65. The minimum absolute atomic E-state index is 0.00673. The largest absolute Gasteiger partial charge is 0.444 e. The van der Waals surface area contributed by atoms with Crippen LogP contribution in [0, 0.1) is 10.1 Å². The molecule has 1 aromatic rings. The van der Waals surface area contributed by atoms with Crippen molar-refractivity contribution >= 4 is 35.4 Å². The van der Waals surface area contributed by atoms with Crippen molar-refractivity contribution < 1.29 is 33.6 Å². The van der Waals surface area contributed by atoms with Crippen molar-refractivity contribution in [3.8, 4) is 0 Å². The van der Waals surface area contributed by atoms with Crippen LogP contribution in [-0.2, 0) is 14.3 Å². The van der Waals surface area contributed by atoms with Crippen molar-refractivity contribution in [3.63, 3.8) is 0 Å². The van der Waals surface area contributed by atoms with E-state index < -0.39 is 40.9 Å². The average Bonchev–Trinajstić information content (AvgIpc) is 2.96. The molecule has 1 heterocycles. The fourth-order valence-electron chi connectivity index (χ4n) is 2.96. The van der Waals surface area contributed by atoms with Gasteiger partial charge in [0.1, 0.15) is 12.1 Å². The number of nitrogens with zero attached hydrogens (tertiary/aromatic N) is 2. The van der Waals surface area contributed by atoms with Crippen LogP contribution in [0.1, 0.15) is 54.3 Å². The molecule has 0 aromatic heterocycles. The van der Waals surface area contributed by atoms with E-state index in [1.807, 2.05) is 0 Å². The topological polar surface area (TPSA) is 177 Å². The lowest BCUT2D eigenvalue weighted by Crippen LogP contribution is -2.41. The number of alkyl carbamates (subject to hydrolysis) is 1. The average molecular weight is 477 g/mol. The van der Waals surface area contributed by atoms with Gasteiger partial charge >= 0.3 is 6.09 Å². The molecule has 5 amide bonds. The lowest BCUT2D eigenvalue weighted by atomic mass is 10.1. The van der Waals surface area contributed by atoms with Gasteiger partial charge in [-0.1, -0.05) is 0 Å². The molecular weight excluding hydrogens is 450 g/mol. The smallest absolute Gasteiger partial charge is 0.407 e. The Labute approximate surface area is 195 Å². The monoisotopic (exact) mass is 477 g/mol. The molecule has 0 aliphatic carbocycles. The molecule has 34 heavy (non-hydrogen) atoms. The Morgan fingerprint density at radius 1 is 0.971 bits per heavy atom. The minimum Gasteiger partial charge on any atom is -0.444 e. The van der Waals surface area contributed by atoms with Gasteiger partial charge in [0.25, 0.3) is 17.5 Å². The van der Waals surface area contributed by atoms with Crippen LogP contribution in [0.2, 0.25) is 0 Å². The third kappa shape index (κ3) is 7.53. The number of rotatable bonds is 10. The molecule has 13 nitrogen and oxygen atoms in total. The van der Waals surface area contributed by atoms with Crippen LogP contribution < -0.4 is 16.0 Å². The summed E-state index contributed by atoms with van der Waals surface area (Å²) in [4.78, 5) is 71.0. The van der Waals surface area contributed by atoms with Gasteiger partial charge in [0.05, 0.1) is 16.1 Å². The highest BCUT2D eigenvalue weighted by molar-refractivity contribution is 6.22. The highest BCUT2D eigenvalue weighted by atomic mass is 16.6. The summed E-state index contributed by atoms with van der Waals surface area (Å²) in [5.41, 5.74) is -1.06. The maximum atomic E-state index is 12.4. The molecule has 1 aliphatic heterocycles. The molecule has 0 saturated heterocycles. The van der Waals surface area contributed by atoms with E-state index in [0.717, 1.165) is 17.0 Å². The predicted molar refractivity (Wildman–Crippen MR) is 118 cm³/mol. The van der Waals surface area contributed by atoms with Crippen LogP contribution in [0.15, 0.2) is 18.2 Å². The Morgan fingerprint density at radius 3 is 2.21 bits per heavy atom. The number of carbonyl (C=O) groups excluding carboxylic acids is 5. The lowest BCUT2D eigenvalue weighted by Gasteiger charge is -2.19. The number of non-ortho nitro benzene ring substituents is 1. The summed E-state index contributed by atoms with van der Waals surface area (Å²) in [6.07, 6.45) is -0.159. The summed E-state index contributed by atoms with van der Waals surface area (Å²) in [5.74, 6) is -2.34. The van der Waals surface area contributed by atoms with E-state index in [-0.39, 0.29) is 48.8 Å². The number of amides is 5. The molecule has 0 saturated carbocycles. The second-order valence-corrected chi connectivity index (χ2v) is 8.42. The zero-order valence-corrected chi connectivity index (χ0v) is 19.1. The van der Waals surface area contributed by atoms with Crippen LogP contribution in [-0.4, -0.2) is 71.3 Å². The highest BCUT2D eigenvalue weighted by Gasteiger charge is 2.37. The number of nitrogens with one attached hydrogen (secondary N) is 3. The first-order chi connectivity index (χ1) is 15.9. The van der Waals surface area contributed by atoms with E-state index in [2.05, 4.69) is 16.0 Å². The second-order valence-electron chi connectivity index (χ2n) is 8.42. The summed E-state index contributed by atoms with van der Waals surface area (Å²) >= 11 is 0. The molecule has 0 bridgehead atoms. The maximum Gasteiger partial charge on any atom is 0.407 e. The molecule has 0 unspecified atom stereocenters. The SMILES string of the molecule is CC(C)(C)OC(=O)NCCC(=O)NCCCNC(=O)CN1C(=O)c2ccc([N+](=O)[O-])cc2C1=O. The zero-order chi connectivity index (χ0) is 25.5. The first kappa shape index (κ1) is 26.2. The number of fused-ring (bicyclic) bond motifs is 1. The van der Waals surface area contributed by atoms with Gasteiger partial charge in [0, 0.05) is 38.2 Å². The Kier molecular flexibility index (Phi) is 8.64. The summed E-state index contributed by atoms with van der Waals surface area (Å²) in [6.45, 7) is 5.22. The molecular formula is C21H27N5O8. The molecule has 1 aliphatic rings. The summed E-state index contributed by atoms with van der Waals surface area (Å²) in [6, 6.07) is 3.33. The third-order valence-electron chi connectivity index (χ3n) is 4.48. The van der Waals surface area contributed by atoms with Crippen LogP contribution in [0.5, 0.6) is 0 Å². The Bertz CT molecular complexity index is 1000. The Hall–Kier alpha value is -4.03. The normalized spacial score (nSPS) is 12.7.